The van der Waals surface area contributed by atoms with E-state index >= 15 is 0 Å². The molecule has 2 fully saturated rings. The van der Waals surface area contributed by atoms with Crippen LogP contribution in [0.5, 0.6) is 5.75 Å². The van der Waals surface area contributed by atoms with Gasteiger partial charge in [0.15, 0.2) is 0 Å². The molecule has 242 valence electrons. The van der Waals surface area contributed by atoms with Gasteiger partial charge < -0.3 is 29.0 Å². The first-order valence-corrected chi connectivity index (χ1v) is 16.7. The van der Waals surface area contributed by atoms with Gasteiger partial charge >= 0.3 is 6.03 Å². The van der Waals surface area contributed by atoms with Gasteiger partial charge in [-0.25, -0.2) is 9.78 Å². The van der Waals surface area contributed by atoms with Crippen LogP contribution in [0, 0.1) is 0 Å². The van der Waals surface area contributed by atoms with Gasteiger partial charge in [0.05, 0.1) is 24.5 Å². The molecule has 0 aliphatic carbocycles. The molecule has 10 nitrogen and oxygen atoms in total. The number of anilines is 1. The highest BCUT2D eigenvalue weighted by Gasteiger charge is 2.45. The van der Waals surface area contributed by atoms with Crippen LogP contribution in [0.4, 0.5) is 10.5 Å². The molecule has 46 heavy (non-hydrogen) atoms. The number of nitrogens with one attached hydrogen (secondary N) is 2. The predicted molar refractivity (Wildman–Crippen MR) is 181 cm³/mol. The number of urea groups is 1. The van der Waals surface area contributed by atoms with Crippen LogP contribution in [0.2, 0.25) is 10.0 Å². The third-order valence-electron chi connectivity index (χ3n) is 7.88. The first-order chi connectivity index (χ1) is 22.5. The van der Waals surface area contributed by atoms with Crippen LogP contribution in [0.3, 0.4) is 0 Å². The highest BCUT2D eigenvalue weighted by molar-refractivity contribution is 7.98. The Morgan fingerprint density at radius 3 is 2.59 bits per heavy atom. The summed E-state index contributed by atoms with van der Waals surface area (Å²) >= 11 is 14.0. The van der Waals surface area contributed by atoms with Gasteiger partial charge in [-0.2, -0.15) is 0 Å². The van der Waals surface area contributed by atoms with E-state index in [4.69, 9.17) is 37.4 Å². The van der Waals surface area contributed by atoms with Gasteiger partial charge in [0.25, 0.3) is 0 Å². The minimum absolute atomic E-state index is 0.179. The van der Waals surface area contributed by atoms with E-state index in [0.29, 0.717) is 41.9 Å². The number of ether oxygens (including phenoxy) is 3. The van der Waals surface area contributed by atoms with Gasteiger partial charge in [-0.1, -0.05) is 47.5 Å². The lowest BCUT2D eigenvalue weighted by Gasteiger charge is -2.36. The fourth-order valence-corrected chi connectivity index (χ4v) is 6.63. The number of hydrogen-bond acceptors (Lipinski definition) is 8. The van der Waals surface area contributed by atoms with E-state index in [-0.39, 0.29) is 12.1 Å². The molecule has 0 spiro atoms. The molecule has 2 atom stereocenters. The lowest BCUT2D eigenvalue weighted by molar-refractivity contribution is -0.189. The minimum atomic E-state index is -1.09. The minimum Gasteiger partial charge on any atom is -0.491 e. The number of carbonyl (C=O) groups is 1. The Kier molecular flexibility index (Phi) is 10.9. The maximum absolute atomic E-state index is 12.1. The van der Waals surface area contributed by atoms with Crippen molar-refractivity contribution in [2.45, 2.75) is 23.3 Å². The van der Waals surface area contributed by atoms with Gasteiger partial charge in [0.1, 0.15) is 18.5 Å². The molecular weight excluding hydrogens is 647 g/mol. The molecule has 2 amide bonds. The Bertz CT molecular complexity index is 1560. The quantitative estimate of drug-likeness (QED) is 0.185. The van der Waals surface area contributed by atoms with Gasteiger partial charge in [-0.05, 0) is 60.5 Å². The molecule has 2 aliphatic rings. The predicted octanol–water partition coefficient (Wildman–Crippen LogP) is 5.67. The molecule has 3 heterocycles. The number of halogens is 2. The Morgan fingerprint density at radius 2 is 1.85 bits per heavy atom. The summed E-state index contributed by atoms with van der Waals surface area (Å²) in [5, 5.41) is 3.96. The number of aromatic nitrogens is 2. The highest BCUT2D eigenvalue weighted by Crippen LogP contribution is 2.40. The average molecular weight is 684 g/mol. The number of piperazine rings is 1. The Labute approximate surface area is 283 Å². The van der Waals surface area contributed by atoms with Gasteiger partial charge in [-0.3, -0.25) is 9.62 Å². The molecule has 2 saturated heterocycles. The van der Waals surface area contributed by atoms with E-state index < -0.39 is 5.79 Å². The Morgan fingerprint density at radius 1 is 1.04 bits per heavy atom. The molecule has 6 rings (SSSR count). The summed E-state index contributed by atoms with van der Waals surface area (Å²) in [6.07, 6.45) is 4.99. The van der Waals surface area contributed by atoms with E-state index in [2.05, 4.69) is 37.0 Å². The van der Waals surface area contributed by atoms with Gasteiger partial charge in [0.2, 0.25) is 5.79 Å². The summed E-state index contributed by atoms with van der Waals surface area (Å²) in [5.41, 5.74) is 1.86. The number of imidazole rings is 1. The van der Waals surface area contributed by atoms with Crippen molar-refractivity contribution >= 4 is 46.9 Å². The van der Waals surface area contributed by atoms with E-state index in [1.165, 1.54) is 11.9 Å². The third-order valence-corrected chi connectivity index (χ3v) is 9.22. The van der Waals surface area contributed by atoms with Crippen molar-refractivity contribution in [1.29, 1.82) is 0 Å². The number of carbonyl (C=O) groups excluding carboxylic acids is 1. The van der Waals surface area contributed by atoms with E-state index in [1.54, 1.807) is 24.7 Å². The smallest absolute Gasteiger partial charge is 0.325 e. The summed E-state index contributed by atoms with van der Waals surface area (Å²) in [6.45, 7) is 6.15. The SMILES string of the molecule is O=C(NCCN1CCN(c2ccc(OCC3COC(Cn4ccnc4)(c4ccc(Cl)cc4Cl)O3)cc2)CC1)NSc1ccccc1. The number of benzene rings is 3. The molecule has 0 saturated carbocycles. The van der Waals surface area contributed by atoms with Crippen molar-refractivity contribution in [3.8, 4) is 5.75 Å². The maximum atomic E-state index is 12.1. The number of amides is 2. The van der Waals surface area contributed by atoms with E-state index in [1.807, 2.05) is 59.3 Å². The van der Waals surface area contributed by atoms with Crippen molar-refractivity contribution in [2.75, 3.05) is 57.4 Å². The molecule has 2 aliphatic heterocycles. The molecule has 2 N–H and O–H groups in total. The highest BCUT2D eigenvalue weighted by atomic mass is 35.5. The molecular formula is C33H36Cl2N6O4S. The number of hydrogen-bond donors (Lipinski definition) is 2. The molecule has 1 aromatic heterocycles. The van der Waals surface area contributed by atoms with Crippen molar-refractivity contribution in [1.82, 2.24) is 24.5 Å². The Hall–Kier alpha value is -3.45. The van der Waals surface area contributed by atoms with Gasteiger partial charge in [-0.15, -0.1) is 0 Å². The first kappa shape index (κ1) is 32.5. The van der Waals surface area contributed by atoms with Crippen LogP contribution in [-0.2, 0) is 21.8 Å². The van der Waals surface area contributed by atoms with Gasteiger partial charge in [0, 0.05) is 72.8 Å². The van der Waals surface area contributed by atoms with Crippen molar-refractivity contribution in [3.05, 3.63) is 107 Å². The molecule has 2 unspecified atom stereocenters. The molecule has 4 aromatic rings. The third kappa shape index (κ3) is 8.47. The van der Waals surface area contributed by atoms with Crippen LogP contribution >= 0.6 is 35.1 Å². The molecule has 3 aromatic carbocycles. The second-order valence-electron chi connectivity index (χ2n) is 11.1. The van der Waals surface area contributed by atoms with Crippen molar-refractivity contribution in [2.24, 2.45) is 0 Å². The Balaban J connectivity index is 0.937. The lowest BCUT2D eigenvalue weighted by atomic mass is 10.1. The summed E-state index contributed by atoms with van der Waals surface area (Å²) < 4.78 is 23.6. The van der Waals surface area contributed by atoms with Crippen LogP contribution < -0.4 is 19.7 Å². The maximum Gasteiger partial charge on any atom is 0.325 e. The topological polar surface area (TPSA) is 93.1 Å². The average Bonchev–Trinajstić information content (AvgIpc) is 3.74. The fourth-order valence-electron chi connectivity index (χ4n) is 5.50. The molecule has 13 heteroatoms. The first-order valence-electron chi connectivity index (χ1n) is 15.1. The van der Waals surface area contributed by atoms with Crippen LogP contribution in [0.1, 0.15) is 5.56 Å². The fraction of sp³-hybridized carbons (Fsp3) is 0.333. The second-order valence-corrected chi connectivity index (χ2v) is 12.8. The van der Waals surface area contributed by atoms with E-state index in [9.17, 15) is 4.79 Å². The van der Waals surface area contributed by atoms with Crippen molar-refractivity contribution < 1.29 is 19.0 Å². The lowest BCUT2D eigenvalue weighted by Crippen LogP contribution is -2.48. The summed E-state index contributed by atoms with van der Waals surface area (Å²) in [6, 6.07) is 23.0. The summed E-state index contributed by atoms with van der Waals surface area (Å²) in [4.78, 5) is 22.0. The zero-order chi connectivity index (χ0) is 31.8. The van der Waals surface area contributed by atoms with Crippen LogP contribution in [0.25, 0.3) is 0 Å². The van der Waals surface area contributed by atoms with Crippen LogP contribution in [0.15, 0.2) is 96.4 Å². The summed E-state index contributed by atoms with van der Waals surface area (Å²) in [7, 11) is 0. The van der Waals surface area contributed by atoms with E-state index in [0.717, 1.165) is 49.1 Å². The van der Waals surface area contributed by atoms with Crippen molar-refractivity contribution in [3.63, 3.8) is 0 Å². The van der Waals surface area contributed by atoms with Crippen LogP contribution in [-0.4, -0.2) is 79.1 Å². The molecule has 0 radical (unpaired) electrons. The molecule has 0 bridgehead atoms. The summed E-state index contributed by atoms with van der Waals surface area (Å²) in [5.74, 6) is -0.329. The normalized spacial score (nSPS) is 20.0. The zero-order valence-corrected chi connectivity index (χ0v) is 27.5. The number of rotatable bonds is 12. The second kappa shape index (κ2) is 15.4. The number of nitrogens with zero attached hydrogens (tertiary/aromatic N) is 4. The largest absolute Gasteiger partial charge is 0.491 e. The standard InChI is InChI=1S/C33H36Cl2N6O4S/c34-25-6-11-30(31(35)20-25)33(23-40-14-12-36-24-40)44-22-28(45-33)21-43-27-9-7-26(8-10-27)41-18-16-39(17-19-41)15-13-37-32(42)38-46-29-4-2-1-3-5-29/h1-12,14,20,24,28H,13,15-19,21-23H2,(H2,37,38,42). The zero-order valence-electron chi connectivity index (χ0n) is 25.2. The monoisotopic (exact) mass is 682 g/mol.